The lowest BCUT2D eigenvalue weighted by Crippen LogP contribution is -2.28. The molecule has 4 nitrogen and oxygen atoms in total. The minimum absolute atomic E-state index is 0.127. The van der Waals surface area contributed by atoms with Gasteiger partial charge in [-0.3, -0.25) is 9.59 Å². The van der Waals surface area contributed by atoms with Crippen LogP contribution in [0.1, 0.15) is 26.2 Å². The quantitative estimate of drug-likeness (QED) is 0.364. The Labute approximate surface area is 76.3 Å². The first-order valence-corrected chi connectivity index (χ1v) is 4.40. The van der Waals surface area contributed by atoms with Crippen LogP contribution in [0.15, 0.2) is 0 Å². The summed E-state index contributed by atoms with van der Waals surface area (Å²) < 4.78 is 4.52. The average molecular weight is 184 g/mol. The van der Waals surface area contributed by atoms with Crippen LogP contribution in [0.4, 0.5) is 0 Å². The summed E-state index contributed by atoms with van der Waals surface area (Å²) in [6.45, 7) is 1.80. The van der Waals surface area contributed by atoms with Gasteiger partial charge in [-0.15, -0.1) is 0 Å². The Morgan fingerprint density at radius 2 is 2.23 bits per heavy atom. The van der Waals surface area contributed by atoms with Gasteiger partial charge in [0.15, 0.2) is 0 Å². The van der Waals surface area contributed by atoms with Gasteiger partial charge < -0.3 is 4.74 Å². The first-order valence-electron chi connectivity index (χ1n) is 4.40. The number of ketones is 2. The molecule has 1 fully saturated rings. The number of hydrogen-bond acceptors (Lipinski definition) is 4. The fraction of sp³-hybridized carbons (Fsp3) is 0.667. The van der Waals surface area contributed by atoms with Gasteiger partial charge in [0.1, 0.15) is 5.78 Å². The van der Waals surface area contributed by atoms with Gasteiger partial charge in [-0.25, -0.2) is 4.79 Å². The van der Waals surface area contributed by atoms with Crippen molar-refractivity contribution in [3.63, 3.8) is 0 Å². The molecule has 0 aromatic heterocycles. The van der Waals surface area contributed by atoms with Crippen LogP contribution in [-0.2, 0) is 19.1 Å². The summed E-state index contributed by atoms with van der Waals surface area (Å²) in [5.41, 5.74) is 0. The summed E-state index contributed by atoms with van der Waals surface area (Å²) in [4.78, 5) is 33.3. The molecule has 0 N–H and O–H groups in total. The van der Waals surface area contributed by atoms with Crippen molar-refractivity contribution in [3.8, 4) is 0 Å². The Bertz CT molecular complexity index is 244. The summed E-state index contributed by atoms with van der Waals surface area (Å²) in [5, 5.41) is 0. The minimum Gasteiger partial charge on any atom is -0.460 e. The van der Waals surface area contributed by atoms with E-state index in [0.29, 0.717) is 19.3 Å². The molecule has 1 atom stereocenters. The second-order valence-corrected chi connectivity index (χ2v) is 3.00. The van der Waals surface area contributed by atoms with Crippen LogP contribution in [-0.4, -0.2) is 24.1 Å². The maximum absolute atomic E-state index is 11.3. The van der Waals surface area contributed by atoms with E-state index in [1.54, 1.807) is 6.92 Å². The van der Waals surface area contributed by atoms with Gasteiger partial charge >= 0.3 is 5.97 Å². The lowest BCUT2D eigenvalue weighted by Gasteiger charge is -2.04. The van der Waals surface area contributed by atoms with Crippen LogP contribution < -0.4 is 0 Å². The monoisotopic (exact) mass is 184 g/mol. The van der Waals surface area contributed by atoms with Crippen LogP contribution in [0.25, 0.3) is 0 Å². The molecule has 0 radical (unpaired) electrons. The number of carbonyl (C=O) groups excluding carboxylic acids is 3. The molecular weight excluding hydrogens is 172 g/mol. The molecular formula is C9H12O4. The van der Waals surface area contributed by atoms with Gasteiger partial charge in [-0.1, -0.05) is 0 Å². The maximum atomic E-state index is 11.3. The third-order valence-electron chi connectivity index (χ3n) is 2.10. The van der Waals surface area contributed by atoms with Gasteiger partial charge in [-0.05, 0) is 19.8 Å². The second kappa shape index (κ2) is 4.16. The predicted octanol–water partition coefficient (Wildman–Crippen LogP) is 0.488. The number of carbonyl (C=O) groups is 3. The average Bonchev–Trinajstić information content (AvgIpc) is 2.50. The van der Waals surface area contributed by atoms with E-state index >= 15 is 0 Å². The topological polar surface area (TPSA) is 60.4 Å². The molecule has 13 heavy (non-hydrogen) atoms. The molecule has 0 bridgehead atoms. The molecule has 1 aliphatic rings. The molecule has 0 aromatic rings. The molecule has 1 saturated carbocycles. The van der Waals surface area contributed by atoms with Crippen molar-refractivity contribution in [1.82, 2.24) is 0 Å². The summed E-state index contributed by atoms with van der Waals surface area (Å²) >= 11 is 0. The van der Waals surface area contributed by atoms with Crippen LogP contribution in [0.3, 0.4) is 0 Å². The van der Waals surface area contributed by atoms with Crippen molar-refractivity contribution < 1.29 is 19.1 Å². The predicted molar refractivity (Wildman–Crippen MR) is 44.0 cm³/mol. The fourth-order valence-electron chi connectivity index (χ4n) is 1.44. The third-order valence-corrected chi connectivity index (χ3v) is 2.10. The Hall–Kier alpha value is -1.19. The highest BCUT2D eigenvalue weighted by Gasteiger charge is 2.35. The lowest BCUT2D eigenvalue weighted by molar-refractivity contribution is -0.156. The zero-order valence-corrected chi connectivity index (χ0v) is 7.54. The summed E-state index contributed by atoms with van der Waals surface area (Å²) in [6, 6.07) is 0. The molecule has 0 heterocycles. The molecule has 0 saturated heterocycles. The highest BCUT2D eigenvalue weighted by molar-refractivity contribution is 6.38. The molecule has 1 rings (SSSR count). The van der Waals surface area contributed by atoms with Crippen molar-refractivity contribution in [1.29, 1.82) is 0 Å². The first-order chi connectivity index (χ1) is 6.16. The Balaban J connectivity index is 2.56. The Kier molecular flexibility index (Phi) is 3.17. The lowest BCUT2D eigenvalue weighted by atomic mass is 10.0. The standard InChI is InChI=1S/C9H12O4/c1-2-13-9(12)8(11)6-4-3-5-7(6)10/h6H,2-5H2,1H3. The third kappa shape index (κ3) is 2.14. The molecule has 0 spiro atoms. The Morgan fingerprint density at radius 1 is 1.54 bits per heavy atom. The van der Waals surface area contributed by atoms with E-state index < -0.39 is 17.7 Å². The maximum Gasteiger partial charge on any atom is 0.375 e. The van der Waals surface area contributed by atoms with Crippen LogP contribution in [0.2, 0.25) is 0 Å². The van der Waals surface area contributed by atoms with Crippen molar-refractivity contribution in [2.24, 2.45) is 5.92 Å². The number of Topliss-reactive ketones (excluding diaryl/α,β-unsaturated/α-hetero) is 2. The molecule has 0 aromatic carbocycles. The van der Waals surface area contributed by atoms with Crippen molar-refractivity contribution in [2.45, 2.75) is 26.2 Å². The van der Waals surface area contributed by atoms with Crippen molar-refractivity contribution in [2.75, 3.05) is 6.61 Å². The van der Waals surface area contributed by atoms with Gasteiger partial charge in [0.2, 0.25) is 5.78 Å². The largest absolute Gasteiger partial charge is 0.460 e. The number of hydrogen-bond donors (Lipinski definition) is 0. The Morgan fingerprint density at radius 3 is 2.69 bits per heavy atom. The molecule has 72 valence electrons. The van der Waals surface area contributed by atoms with E-state index in [4.69, 9.17) is 0 Å². The number of esters is 1. The van der Waals surface area contributed by atoms with Gasteiger partial charge in [0.05, 0.1) is 12.5 Å². The van der Waals surface area contributed by atoms with E-state index in [9.17, 15) is 14.4 Å². The fourth-order valence-corrected chi connectivity index (χ4v) is 1.44. The van der Waals surface area contributed by atoms with Gasteiger partial charge in [0, 0.05) is 6.42 Å². The first kappa shape index (κ1) is 9.89. The van der Waals surface area contributed by atoms with Crippen LogP contribution in [0, 0.1) is 5.92 Å². The van der Waals surface area contributed by atoms with Crippen molar-refractivity contribution in [3.05, 3.63) is 0 Å². The summed E-state index contributed by atoms with van der Waals surface area (Å²) in [5.74, 6) is -2.40. The van der Waals surface area contributed by atoms with E-state index in [2.05, 4.69) is 4.74 Å². The van der Waals surface area contributed by atoms with Gasteiger partial charge in [0.25, 0.3) is 0 Å². The van der Waals surface area contributed by atoms with E-state index in [1.807, 2.05) is 0 Å². The number of ether oxygens (including phenoxy) is 1. The normalized spacial score (nSPS) is 21.6. The summed E-state index contributed by atoms with van der Waals surface area (Å²) in [7, 11) is 0. The second-order valence-electron chi connectivity index (χ2n) is 3.00. The van der Waals surface area contributed by atoms with Crippen LogP contribution >= 0.6 is 0 Å². The molecule has 1 aliphatic carbocycles. The zero-order chi connectivity index (χ0) is 9.84. The van der Waals surface area contributed by atoms with Crippen LogP contribution in [0.5, 0.6) is 0 Å². The zero-order valence-electron chi connectivity index (χ0n) is 7.54. The minimum atomic E-state index is -0.872. The molecule has 4 heteroatoms. The SMILES string of the molecule is CCOC(=O)C(=O)C1CCCC1=O. The van der Waals surface area contributed by atoms with E-state index in [0.717, 1.165) is 0 Å². The van der Waals surface area contributed by atoms with E-state index in [1.165, 1.54) is 0 Å². The number of rotatable bonds is 3. The smallest absolute Gasteiger partial charge is 0.375 e. The van der Waals surface area contributed by atoms with Crippen molar-refractivity contribution >= 4 is 17.5 Å². The highest BCUT2D eigenvalue weighted by Crippen LogP contribution is 2.22. The molecule has 0 amide bonds. The summed E-state index contributed by atoms with van der Waals surface area (Å²) in [6.07, 6.45) is 1.61. The molecule has 1 unspecified atom stereocenters. The molecule has 0 aliphatic heterocycles. The highest BCUT2D eigenvalue weighted by atomic mass is 16.5. The van der Waals surface area contributed by atoms with Gasteiger partial charge in [-0.2, -0.15) is 0 Å². The van der Waals surface area contributed by atoms with E-state index in [-0.39, 0.29) is 12.4 Å².